The van der Waals surface area contributed by atoms with E-state index in [0.717, 1.165) is 46.0 Å². The van der Waals surface area contributed by atoms with Crippen LogP contribution >= 0.6 is 0 Å². The average molecular weight is 365 g/mol. The minimum Gasteiger partial charge on any atom is -0.494 e. The van der Waals surface area contributed by atoms with Crippen molar-refractivity contribution in [1.29, 1.82) is 0 Å². The van der Waals surface area contributed by atoms with E-state index >= 15 is 0 Å². The van der Waals surface area contributed by atoms with Gasteiger partial charge < -0.3 is 15.5 Å². The molecule has 0 atom stereocenters. The highest BCUT2D eigenvalue weighted by Crippen LogP contribution is 2.35. The zero-order valence-electron chi connectivity index (χ0n) is 15.9. The normalized spacial score (nSPS) is 15.3. The standard InChI is InChI=1S/C21H27N5O/c1-14-12-16(27-11-5-10-22)8-9-17(14)20-25-18(15-6-3-2-4-7-15)19-21(26-20)24-13-23-19/h8-9,12-13,15H,2-7,10-11,22H2,1H3,(H,23,24,25,26). The van der Waals surface area contributed by atoms with Crippen molar-refractivity contribution < 1.29 is 4.74 Å². The number of hydrogen-bond donors (Lipinski definition) is 2. The molecule has 0 bridgehead atoms. The van der Waals surface area contributed by atoms with E-state index < -0.39 is 0 Å². The highest BCUT2D eigenvalue weighted by atomic mass is 16.5. The zero-order valence-corrected chi connectivity index (χ0v) is 15.9. The van der Waals surface area contributed by atoms with Crippen molar-refractivity contribution >= 4 is 11.2 Å². The fourth-order valence-corrected chi connectivity index (χ4v) is 3.90. The molecule has 1 aliphatic carbocycles. The number of hydrogen-bond acceptors (Lipinski definition) is 5. The van der Waals surface area contributed by atoms with E-state index in [-0.39, 0.29) is 0 Å². The minimum absolute atomic E-state index is 0.489. The topological polar surface area (TPSA) is 89.7 Å². The van der Waals surface area contributed by atoms with Crippen LogP contribution in [-0.4, -0.2) is 33.1 Å². The number of nitrogens with one attached hydrogen (secondary N) is 1. The van der Waals surface area contributed by atoms with Crippen LogP contribution in [0.5, 0.6) is 5.75 Å². The molecule has 0 aliphatic heterocycles. The Morgan fingerprint density at radius 1 is 1.19 bits per heavy atom. The number of H-pyrrole nitrogens is 1. The van der Waals surface area contributed by atoms with Gasteiger partial charge in [0.05, 0.1) is 18.6 Å². The summed E-state index contributed by atoms with van der Waals surface area (Å²) in [6, 6.07) is 6.08. The first-order valence-electron chi connectivity index (χ1n) is 9.91. The quantitative estimate of drug-likeness (QED) is 0.642. The predicted molar refractivity (Wildman–Crippen MR) is 107 cm³/mol. The molecule has 1 aliphatic rings. The van der Waals surface area contributed by atoms with Gasteiger partial charge in [-0.15, -0.1) is 0 Å². The summed E-state index contributed by atoms with van der Waals surface area (Å²) in [5.41, 5.74) is 10.5. The number of aryl methyl sites for hydroxylation is 1. The number of rotatable bonds is 6. The molecule has 2 aromatic heterocycles. The third-order valence-corrected chi connectivity index (χ3v) is 5.36. The molecule has 0 amide bonds. The van der Waals surface area contributed by atoms with E-state index in [0.29, 0.717) is 19.1 Å². The third-order valence-electron chi connectivity index (χ3n) is 5.36. The highest BCUT2D eigenvalue weighted by Gasteiger charge is 2.22. The Labute approximate surface area is 159 Å². The summed E-state index contributed by atoms with van der Waals surface area (Å²) in [4.78, 5) is 17.4. The van der Waals surface area contributed by atoms with Crippen LogP contribution in [0.3, 0.4) is 0 Å². The largest absolute Gasteiger partial charge is 0.494 e. The van der Waals surface area contributed by atoms with E-state index in [1.807, 2.05) is 18.2 Å². The van der Waals surface area contributed by atoms with Gasteiger partial charge in [0.2, 0.25) is 0 Å². The predicted octanol–water partition coefficient (Wildman–Crippen LogP) is 4.10. The lowest BCUT2D eigenvalue weighted by molar-refractivity contribution is 0.313. The van der Waals surface area contributed by atoms with E-state index in [1.165, 1.54) is 32.1 Å². The van der Waals surface area contributed by atoms with Gasteiger partial charge in [-0.2, -0.15) is 0 Å². The third kappa shape index (κ3) is 3.81. The molecular weight excluding hydrogens is 338 g/mol. The van der Waals surface area contributed by atoms with Crippen molar-refractivity contribution in [2.24, 2.45) is 5.73 Å². The second kappa shape index (κ2) is 8.05. The fraction of sp³-hybridized carbons (Fsp3) is 0.476. The Morgan fingerprint density at radius 2 is 2.04 bits per heavy atom. The van der Waals surface area contributed by atoms with Gasteiger partial charge >= 0.3 is 0 Å². The van der Waals surface area contributed by atoms with Crippen LogP contribution in [0, 0.1) is 6.92 Å². The number of fused-ring (bicyclic) bond motifs is 1. The number of nitrogens with zero attached hydrogens (tertiary/aromatic N) is 3. The smallest absolute Gasteiger partial charge is 0.181 e. The van der Waals surface area contributed by atoms with Gasteiger partial charge in [0.1, 0.15) is 11.3 Å². The van der Waals surface area contributed by atoms with Crippen LogP contribution in [0.4, 0.5) is 0 Å². The lowest BCUT2D eigenvalue weighted by Gasteiger charge is -2.22. The molecule has 1 aromatic carbocycles. The number of benzene rings is 1. The Morgan fingerprint density at radius 3 is 2.81 bits per heavy atom. The maximum Gasteiger partial charge on any atom is 0.181 e. The molecule has 3 aromatic rings. The van der Waals surface area contributed by atoms with Crippen molar-refractivity contribution in [3.8, 4) is 17.1 Å². The first-order chi connectivity index (χ1) is 13.3. The average Bonchev–Trinajstić information content (AvgIpc) is 3.17. The van der Waals surface area contributed by atoms with E-state index in [4.69, 9.17) is 20.4 Å². The van der Waals surface area contributed by atoms with Crippen LogP contribution in [0.25, 0.3) is 22.6 Å². The monoisotopic (exact) mass is 365 g/mol. The maximum absolute atomic E-state index is 5.76. The highest BCUT2D eigenvalue weighted by molar-refractivity contribution is 5.77. The van der Waals surface area contributed by atoms with Crippen molar-refractivity contribution in [3.63, 3.8) is 0 Å². The van der Waals surface area contributed by atoms with Gasteiger partial charge in [-0.05, 0) is 56.5 Å². The summed E-state index contributed by atoms with van der Waals surface area (Å²) < 4.78 is 5.76. The van der Waals surface area contributed by atoms with Crippen molar-refractivity contribution in [1.82, 2.24) is 19.9 Å². The van der Waals surface area contributed by atoms with Crippen LogP contribution in [-0.2, 0) is 0 Å². The first-order valence-corrected chi connectivity index (χ1v) is 9.91. The van der Waals surface area contributed by atoms with E-state index in [9.17, 15) is 0 Å². The maximum atomic E-state index is 5.76. The minimum atomic E-state index is 0.489. The molecule has 0 saturated heterocycles. The zero-order chi connectivity index (χ0) is 18.6. The van der Waals surface area contributed by atoms with Crippen molar-refractivity contribution in [2.75, 3.05) is 13.2 Å². The molecule has 1 saturated carbocycles. The SMILES string of the molecule is Cc1cc(OCCCN)ccc1-c1nc(C2CCCCC2)c2[nH]cnc2n1. The summed E-state index contributed by atoms with van der Waals surface area (Å²) in [5, 5.41) is 0. The second-order valence-corrected chi connectivity index (χ2v) is 7.34. The van der Waals surface area contributed by atoms with E-state index in [1.54, 1.807) is 6.33 Å². The lowest BCUT2D eigenvalue weighted by atomic mass is 9.86. The summed E-state index contributed by atoms with van der Waals surface area (Å²) in [6.07, 6.45) is 8.82. The number of imidazole rings is 1. The Hall–Kier alpha value is -2.47. The van der Waals surface area contributed by atoms with Crippen LogP contribution in [0.2, 0.25) is 0 Å². The van der Waals surface area contributed by atoms with Crippen LogP contribution < -0.4 is 10.5 Å². The number of nitrogens with two attached hydrogens (primary N) is 1. The van der Waals surface area contributed by atoms with E-state index in [2.05, 4.69) is 16.9 Å². The summed E-state index contributed by atoms with van der Waals surface area (Å²) in [6.45, 7) is 3.35. The number of aromatic nitrogens is 4. The molecule has 142 valence electrons. The second-order valence-electron chi connectivity index (χ2n) is 7.34. The van der Waals surface area contributed by atoms with Gasteiger partial charge in [0.25, 0.3) is 0 Å². The molecular formula is C21H27N5O. The lowest BCUT2D eigenvalue weighted by Crippen LogP contribution is -2.09. The van der Waals surface area contributed by atoms with Crippen molar-refractivity contribution in [3.05, 3.63) is 35.8 Å². The molecule has 0 radical (unpaired) electrons. The molecule has 2 heterocycles. The van der Waals surface area contributed by atoms with Crippen molar-refractivity contribution in [2.45, 2.75) is 51.4 Å². The van der Waals surface area contributed by atoms with Gasteiger partial charge in [-0.1, -0.05) is 19.3 Å². The van der Waals surface area contributed by atoms with Crippen LogP contribution in [0.15, 0.2) is 24.5 Å². The molecule has 27 heavy (non-hydrogen) atoms. The summed E-state index contributed by atoms with van der Waals surface area (Å²) in [7, 11) is 0. The molecule has 3 N–H and O–H groups in total. The first kappa shape index (κ1) is 17.9. The Kier molecular flexibility index (Phi) is 5.34. The van der Waals surface area contributed by atoms with Gasteiger partial charge in [0.15, 0.2) is 11.5 Å². The van der Waals surface area contributed by atoms with Crippen LogP contribution in [0.1, 0.15) is 55.7 Å². The van der Waals surface area contributed by atoms with Gasteiger partial charge in [-0.25, -0.2) is 15.0 Å². The molecule has 4 rings (SSSR count). The number of ether oxygens (including phenoxy) is 1. The Balaban J connectivity index is 1.69. The number of aromatic amines is 1. The molecule has 6 heteroatoms. The summed E-state index contributed by atoms with van der Waals surface area (Å²) in [5.74, 6) is 2.10. The fourth-order valence-electron chi connectivity index (χ4n) is 3.90. The molecule has 0 unspecified atom stereocenters. The summed E-state index contributed by atoms with van der Waals surface area (Å²) >= 11 is 0. The molecule has 0 spiro atoms. The van der Waals surface area contributed by atoms with Gasteiger partial charge in [-0.3, -0.25) is 0 Å². The Bertz CT molecular complexity index is 914. The van der Waals surface area contributed by atoms with Gasteiger partial charge in [0, 0.05) is 11.5 Å². The molecule has 6 nitrogen and oxygen atoms in total. The molecule has 1 fully saturated rings.